The van der Waals surface area contributed by atoms with Gasteiger partial charge in [-0.15, -0.1) is 0 Å². The van der Waals surface area contributed by atoms with Gasteiger partial charge in [-0.1, -0.05) is 0 Å². The molecule has 0 aliphatic heterocycles. The maximum absolute atomic E-state index is 10.6. The number of carbonyl (C=O) groups is 1. The molecule has 0 saturated heterocycles. The van der Waals surface area contributed by atoms with E-state index in [2.05, 4.69) is 15.9 Å². The maximum atomic E-state index is 10.6. The normalized spacial score (nSPS) is 9.80. The van der Waals surface area contributed by atoms with Crippen molar-refractivity contribution in [3.63, 3.8) is 0 Å². The number of methoxy groups -OCH3 is 2. The van der Waals surface area contributed by atoms with E-state index in [0.717, 1.165) is 6.29 Å². The van der Waals surface area contributed by atoms with E-state index in [4.69, 9.17) is 14.2 Å². The molecule has 0 radical (unpaired) electrons. The molecule has 1 aromatic rings. The number of benzene rings is 1. The second kappa shape index (κ2) is 5.72. The summed E-state index contributed by atoms with van der Waals surface area (Å²) in [5.41, 5.74) is 0.517. The van der Waals surface area contributed by atoms with Crippen molar-refractivity contribution in [3.05, 3.63) is 22.2 Å². The molecule has 0 atom stereocenters. The average Bonchev–Trinajstić information content (AvgIpc) is 2.26. The van der Waals surface area contributed by atoms with Crippen LogP contribution in [0.5, 0.6) is 11.5 Å². The van der Waals surface area contributed by atoms with Crippen molar-refractivity contribution < 1.29 is 19.0 Å². The van der Waals surface area contributed by atoms with E-state index in [1.165, 1.54) is 14.2 Å². The number of carbonyl (C=O) groups excluding carboxylic acids is 1. The van der Waals surface area contributed by atoms with Crippen LogP contribution in [-0.4, -0.2) is 27.3 Å². The predicted octanol–water partition coefficient (Wildman–Crippen LogP) is 2.25. The number of hydrogen-bond donors (Lipinski definition) is 0. The summed E-state index contributed by atoms with van der Waals surface area (Å²) < 4.78 is 15.8. The average molecular weight is 275 g/mol. The molecule has 5 heteroatoms. The lowest BCUT2D eigenvalue weighted by molar-refractivity contribution is 0.0486. The van der Waals surface area contributed by atoms with Crippen LogP contribution in [0.25, 0.3) is 0 Å². The second-order valence-electron chi connectivity index (χ2n) is 2.70. The van der Waals surface area contributed by atoms with Crippen LogP contribution in [0.1, 0.15) is 10.4 Å². The van der Waals surface area contributed by atoms with Crippen molar-refractivity contribution in [1.82, 2.24) is 0 Å². The highest BCUT2D eigenvalue weighted by Crippen LogP contribution is 2.36. The van der Waals surface area contributed by atoms with E-state index in [1.807, 2.05) is 0 Å². The van der Waals surface area contributed by atoms with E-state index < -0.39 is 0 Å². The van der Waals surface area contributed by atoms with E-state index in [0.29, 0.717) is 21.5 Å². The van der Waals surface area contributed by atoms with Crippen molar-refractivity contribution in [3.8, 4) is 11.5 Å². The molecule has 1 aromatic carbocycles. The predicted molar refractivity (Wildman–Crippen MR) is 58.6 cm³/mol. The van der Waals surface area contributed by atoms with E-state index in [9.17, 15) is 4.79 Å². The maximum Gasteiger partial charge on any atom is 0.188 e. The van der Waals surface area contributed by atoms with Crippen molar-refractivity contribution in [2.45, 2.75) is 0 Å². The Labute approximate surface area is 96.3 Å². The third-order valence-electron chi connectivity index (χ3n) is 1.71. The summed E-state index contributed by atoms with van der Waals surface area (Å²) in [5.74, 6) is 1.01. The summed E-state index contributed by atoms with van der Waals surface area (Å²) in [6.07, 6.45) is 0.743. The first-order valence-electron chi connectivity index (χ1n) is 4.17. The largest absolute Gasteiger partial charge is 0.493 e. The van der Waals surface area contributed by atoms with Crippen LogP contribution in [0.2, 0.25) is 0 Å². The summed E-state index contributed by atoms with van der Waals surface area (Å²) in [7, 11) is 3.04. The fourth-order valence-corrected chi connectivity index (χ4v) is 1.64. The van der Waals surface area contributed by atoms with Gasteiger partial charge in [0.15, 0.2) is 18.3 Å². The first-order valence-corrected chi connectivity index (χ1v) is 4.96. The Balaban J connectivity index is 3.06. The number of aldehydes is 1. The lowest BCUT2D eigenvalue weighted by atomic mass is 10.2. The van der Waals surface area contributed by atoms with E-state index in [1.54, 1.807) is 12.1 Å². The highest BCUT2D eigenvalue weighted by atomic mass is 79.9. The highest BCUT2D eigenvalue weighted by molar-refractivity contribution is 9.10. The molecule has 82 valence electrons. The molecule has 0 heterocycles. The Morgan fingerprint density at radius 2 is 2.13 bits per heavy atom. The first kappa shape index (κ1) is 12.0. The molecular formula is C10H11BrO4. The molecular weight excluding hydrogens is 264 g/mol. The molecule has 0 spiro atoms. The molecule has 0 fully saturated rings. The van der Waals surface area contributed by atoms with Crippen LogP contribution in [0.3, 0.4) is 0 Å². The van der Waals surface area contributed by atoms with Crippen molar-refractivity contribution in [2.24, 2.45) is 0 Å². The van der Waals surface area contributed by atoms with Crippen LogP contribution >= 0.6 is 15.9 Å². The summed E-state index contributed by atoms with van der Waals surface area (Å²) in [6.45, 7) is 0.120. The van der Waals surface area contributed by atoms with Gasteiger partial charge in [-0.25, -0.2) is 0 Å². The lowest BCUT2D eigenvalue weighted by Crippen LogP contribution is -2.02. The molecule has 0 aromatic heterocycles. The Morgan fingerprint density at radius 3 is 2.67 bits per heavy atom. The van der Waals surface area contributed by atoms with E-state index in [-0.39, 0.29) is 6.79 Å². The monoisotopic (exact) mass is 274 g/mol. The summed E-state index contributed by atoms with van der Waals surface area (Å²) in [5, 5.41) is 0. The molecule has 4 nitrogen and oxygen atoms in total. The highest BCUT2D eigenvalue weighted by Gasteiger charge is 2.11. The van der Waals surface area contributed by atoms with Gasteiger partial charge < -0.3 is 14.2 Å². The smallest absolute Gasteiger partial charge is 0.188 e. The first-order chi connectivity index (χ1) is 7.22. The zero-order valence-electron chi connectivity index (χ0n) is 8.45. The van der Waals surface area contributed by atoms with Crippen LogP contribution in [0.4, 0.5) is 0 Å². The van der Waals surface area contributed by atoms with Gasteiger partial charge in [0.25, 0.3) is 0 Å². The SMILES string of the molecule is COCOc1c(Br)cc(C=O)cc1OC. The quantitative estimate of drug-likeness (QED) is 0.610. The van der Waals surface area contributed by atoms with Crippen LogP contribution in [0, 0.1) is 0 Å². The van der Waals surface area contributed by atoms with Gasteiger partial charge in [-0.05, 0) is 28.1 Å². The number of hydrogen-bond acceptors (Lipinski definition) is 4. The topological polar surface area (TPSA) is 44.8 Å². The molecule has 0 amide bonds. The van der Waals surface area contributed by atoms with Gasteiger partial charge in [0.2, 0.25) is 0 Å². The minimum atomic E-state index is 0.120. The zero-order valence-corrected chi connectivity index (χ0v) is 10.0. The number of rotatable bonds is 5. The minimum Gasteiger partial charge on any atom is -0.493 e. The third kappa shape index (κ3) is 2.94. The number of halogens is 1. The zero-order chi connectivity index (χ0) is 11.3. The van der Waals surface area contributed by atoms with Crippen LogP contribution in [-0.2, 0) is 4.74 Å². The number of ether oxygens (including phenoxy) is 3. The van der Waals surface area contributed by atoms with Gasteiger partial charge in [0, 0.05) is 12.7 Å². The summed E-state index contributed by atoms with van der Waals surface area (Å²) in [6, 6.07) is 3.25. The van der Waals surface area contributed by atoms with Gasteiger partial charge in [-0.3, -0.25) is 4.79 Å². The third-order valence-corrected chi connectivity index (χ3v) is 2.30. The Kier molecular flexibility index (Phi) is 4.58. The molecule has 15 heavy (non-hydrogen) atoms. The van der Waals surface area contributed by atoms with Crippen LogP contribution < -0.4 is 9.47 Å². The minimum absolute atomic E-state index is 0.120. The Hall–Kier alpha value is -1.07. The second-order valence-corrected chi connectivity index (χ2v) is 3.56. The molecule has 0 aliphatic carbocycles. The van der Waals surface area contributed by atoms with Crippen molar-refractivity contribution in [1.29, 1.82) is 0 Å². The van der Waals surface area contributed by atoms with Gasteiger partial charge >= 0.3 is 0 Å². The Morgan fingerprint density at radius 1 is 1.40 bits per heavy atom. The molecule has 1 rings (SSSR count). The molecule has 0 saturated carbocycles. The fraction of sp³-hybridized carbons (Fsp3) is 0.300. The van der Waals surface area contributed by atoms with E-state index >= 15 is 0 Å². The van der Waals surface area contributed by atoms with Gasteiger partial charge in [0.05, 0.1) is 11.6 Å². The Bertz CT molecular complexity index is 352. The molecule has 0 aliphatic rings. The molecule has 0 bridgehead atoms. The lowest BCUT2D eigenvalue weighted by Gasteiger charge is -2.12. The summed E-state index contributed by atoms with van der Waals surface area (Å²) >= 11 is 3.29. The summed E-state index contributed by atoms with van der Waals surface area (Å²) in [4.78, 5) is 10.6. The van der Waals surface area contributed by atoms with Crippen molar-refractivity contribution >= 4 is 22.2 Å². The molecule has 0 unspecified atom stereocenters. The standard InChI is InChI=1S/C10H11BrO4/c1-13-6-15-10-8(11)3-7(5-12)4-9(10)14-2/h3-5H,6H2,1-2H3. The fourth-order valence-electron chi connectivity index (χ4n) is 1.07. The van der Waals surface area contributed by atoms with Crippen molar-refractivity contribution in [2.75, 3.05) is 21.0 Å². The van der Waals surface area contributed by atoms with Gasteiger partial charge in [-0.2, -0.15) is 0 Å². The van der Waals surface area contributed by atoms with Gasteiger partial charge in [0.1, 0.15) is 6.29 Å². The van der Waals surface area contributed by atoms with Crippen LogP contribution in [0.15, 0.2) is 16.6 Å². The molecule has 0 N–H and O–H groups in total.